The quantitative estimate of drug-likeness (QED) is 0.582. The zero-order valence-electron chi connectivity index (χ0n) is 8.98. The average molecular weight is 263 g/mol. The molecule has 0 atom stereocenters. The molecule has 0 aliphatic heterocycles. The van der Waals surface area contributed by atoms with Gasteiger partial charge in [0.2, 0.25) is 0 Å². The molecule has 18 heavy (non-hydrogen) atoms. The summed E-state index contributed by atoms with van der Waals surface area (Å²) in [6, 6.07) is 0. The van der Waals surface area contributed by atoms with Crippen LogP contribution in [0, 0.1) is 10.1 Å². The fourth-order valence-corrected chi connectivity index (χ4v) is 1.21. The summed E-state index contributed by atoms with van der Waals surface area (Å²) in [4.78, 5) is 24.4. The molecule has 0 radical (unpaired) electrons. The molecular formula is C9H8F3N3O3. The van der Waals surface area contributed by atoms with Crippen molar-refractivity contribution in [3.05, 3.63) is 34.4 Å². The fraction of sp³-hybridized carbons (Fsp3) is 0.333. The predicted octanol–water partition coefficient (Wildman–Crippen LogP) is 2.22. The van der Waals surface area contributed by atoms with Crippen molar-refractivity contribution in [2.75, 3.05) is 0 Å². The Morgan fingerprint density at radius 1 is 1.39 bits per heavy atom. The molecular weight excluding hydrogens is 255 g/mol. The van der Waals surface area contributed by atoms with Crippen molar-refractivity contribution < 1.29 is 22.9 Å². The highest BCUT2D eigenvalue weighted by molar-refractivity contribution is 5.78. The van der Waals surface area contributed by atoms with Crippen molar-refractivity contribution in [1.82, 2.24) is 9.55 Å². The van der Waals surface area contributed by atoms with Gasteiger partial charge in [0.15, 0.2) is 11.6 Å². The third kappa shape index (κ3) is 3.68. The zero-order valence-corrected chi connectivity index (χ0v) is 8.98. The zero-order chi connectivity index (χ0) is 13.7. The molecule has 0 bridgehead atoms. The Labute approximate surface area is 98.9 Å². The van der Waals surface area contributed by atoms with Crippen LogP contribution in [-0.2, 0) is 11.3 Å². The normalized spacial score (nSPS) is 10.2. The van der Waals surface area contributed by atoms with Crippen LogP contribution in [0.3, 0.4) is 0 Å². The van der Waals surface area contributed by atoms with Gasteiger partial charge in [-0.15, -0.1) is 0 Å². The summed E-state index contributed by atoms with van der Waals surface area (Å²) >= 11 is 0. The van der Waals surface area contributed by atoms with Crippen LogP contribution in [0.5, 0.6) is 0 Å². The van der Waals surface area contributed by atoms with Crippen molar-refractivity contribution in [3.63, 3.8) is 0 Å². The molecule has 0 amide bonds. The highest BCUT2D eigenvalue weighted by Crippen LogP contribution is 2.16. The minimum absolute atomic E-state index is 0.405. The first-order valence-electron chi connectivity index (χ1n) is 4.78. The molecule has 0 fully saturated rings. The van der Waals surface area contributed by atoms with Crippen molar-refractivity contribution in [1.29, 1.82) is 0 Å². The highest BCUT2D eigenvalue weighted by atomic mass is 19.3. The Kier molecular flexibility index (Phi) is 4.58. The molecule has 0 aromatic carbocycles. The Hall–Kier alpha value is -2.19. The molecule has 6 nitrogen and oxygen atoms in total. The van der Waals surface area contributed by atoms with Crippen molar-refractivity contribution >= 4 is 11.7 Å². The van der Waals surface area contributed by atoms with Crippen LogP contribution in [0.25, 0.3) is 0 Å². The van der Waals surface area contributed by atoms with E-state index in [1.54, 1.807) is 0 Å². The molecule has 1 aromatic heterocycles. The first-order chi connectivity index (χ1) is 8.41. The molecule has 0 N–H and O–H groups in total. The Balaban J connectivity index is 2.58. The van der Waals surface area contributed by atoms with Gasteiger partial charge in [0.1, 0.15) is 18.9 Å². The maximum absolute atomic E-state index is 12.4. The summed E-state index contributed by atoms with van der Waals surface area (Å²) in [6.07, 6.45) is -1.30. The van der Waals surface area contributed by atoms with E-state index in [9.17, 15) is 28.1 Å². The van der Waals surface area contributed by atoms with Gasteiger partial charge in [-0.05, 0) is 4.92 Å². The predicted molar refractivity (Wildman–Crippen MR) is 53.5 cm³/mol. The van der Waals surface area contributed by atoms with Gasteiger partial charge in [-0.1, -0.05) is 4.98 Å². The number of ketones is 1. The molecule has 1 heterocycles. The molecule has 0 unspecified atom stereocenters. The van der Waals surface area contributed by atoms with Gasteiger partial charge in [0.25, 0.3) is 0 Å². The van der Waals surface area contributed by atoms with Crippen molar-refractivity contribution in [2.45, 2.75) is 19.4 Å². The van der Waals surface area contributed by atoms with Crippen LogP contribution < -0.4 is 0 Å². The average Bonchev–Trinajstić information content (AvgIpc) is 2.73. The van der Waals surface area contributed by atoms with E-state index in [-0.39, 0.29) is 0 Å². The second-order valence-corrected chi connectivity index (χ2v) is 3.32. The molecule has 0 saturated heterocycles. The van der Waals surface area contributed by atoms with E-state index in [1.807, 2.05) is 0 Å². The van der Waals surface area contributed by atoms with Gasteiger partial charge in [-0.25, -0.2) is 8.96 Å². The minimum Gasteiger partial charge on any atom is -0.390 e. The number of carbonyl (C=O) groups is 1. The lowest BCUT2D eigenvalue weighted by Gasteiger charge is -2.00. The van der Waals surface area contributed by atoms with Gasteiger partial charge in [0, 0.05) is 12.8 Å². The fourth-order valence-electron chi connectivity index (χ4n) is 1.21. The Bertz CT molecular complexity index is 494. The highest BCUT2D eigenvalue weighted by Gasteiger charge is 2.17. The summed E-state index contributed by atoms with van der Waals surface area (Å²) in [6.45, 7) is -0.405. The molecule has 0 saturated carbocycles. The molecule has 9 heteroatoms. The molecule has 1 aromatic rings. The van der Waals surface area contributed by atoms with Gasteiger partial charge in [0.05, 0.1) is 0 Å². The molecule has 98 valence electrons. The number of carbonyl (C=O) groups excluding carboxylic acids is 1. The van der Waals surface area contributed by atoms with E-state index < -0.39 is 47.9 Å². The third-order valence-electron chi connectivity index (χ3n) is 2.03. The second-order valence-electron chi connectivity index (χ2n) is 3.32. The van der Waals surface area contributed by atoms with Gasteiger partial charge in [-0.2, -0.15) is 8.78 Å². The van der Waals surface area contributed by atoms with Crippen LogP contribution >= 0.6 is 0 Å². The summed E-state index contributed by atoms with van der Waals surface area (Å²) < 4.78 is 36.8. The maximum Gasteiger partial charge on any atom is 0.434 e. The number of hydrogen-bond donors (Lipinski definition) is 0. The number of halogens is 3. The monoisotopic (exact) mass is 263 g/mol. The lowest BCUT2D eigenvalue weighted by Crippen LogP contribution is -2.11. The van der Waals surface area contributed by atoms with Gasteiger partial charge < -0.3 is 10.1 Å². The largest absolute Gasteiger partial charge is 0.434 e. The molecule has 1 rings (SSSR count). The van der Waals surface area contributed by atoms with E-state index >= 15 is 0 Å². The Morgan fingerprint density at radius 3 is 2.61 bits per heavy atom. The summed E-state index contributed by atoms with van der Waals surface area (Å²) in [5.41, 5.74) is 0. The first kappa shape index (κ1) is 13.9. The van der Waals surface area contributed by atoms with E-state index in [0.717, 1.165) is 10.8 Å². The molecule has 0 aliphatic rings. The Morgan fingerprint density at radius 2 is 2.06 bits per heavy atom. The number of rotatable bonds is 6. The lowest BCUT2D eigenvalue weighted by atomic mass is 10.2. The molecule has 0 aliphatic carbocycles. The maximum atomic E-state index is 12.4. The number of aromatic nitrogens is 2. The van der Waals surface area contributed by atoms with E-state index in [1.165, 1.54) is 6.20 Å². The number of allylic oxidation sites excluding steroid dienone is 1. The van der Waals surface area contributed by atoms with Crippen LogP contribution in [0.2, 0.25) is 0 Å². The van der Waals surface area contributed by atoms with Crippen LogP contribution in [0.15, 0.2) is 24.3 Å². The van der Waals surface area contributed by atoms with Gasteiger partial charge in [-0.3, -0.25) is 4.79 Å². The smallest absolute Gasteiger partial charge is 0.390 e. The van der Waals surface area contributed by atoms with Crippen LogP contribution in [0.4, 0.5) is 19.1 Å². The number of nitrogens with zero attached hydrogens (tertiary/aromatic N) is 3. The van der Waals surface area contributed by atoms with E-state index in [2.05, 4.69) is 4.98 Å². The van der Waals surface area contributed by atoms with Crippen molar-refractivity contribution in [3.8, 4) is 0 Å². The number of Topliss-reactive ketones (excluding diaryl/α,β-unsaturated/α-hetero) is 1. The number of nitro groups is 1. The summed E-state index contributed by atoms with van der Waals surface area (Å²) in [5, 5.41) is 10.5. The number of hydrogen-bond acceptors (Lipinski definition) is 4. The van der Waals surface area contributed by atoms with Crippen molar-refractivity contribution in [2.24, 2.45) is 0 Å². The van der Waals surface area contributed by atoms with E-state index in [4.69, 9.17) is 0 Å². The van der Waals surface area contributed by atoms with Crippen LogP contribution in [-0.4, -0.2) is 20.3 Å². The minimum atomic E-state index is -2.46. The standard InChI is InChI=1S/C9H8F3N3O3/c10-7(8(11)12)2-1-6(16)5-14-4-3-13-9(14)15(17)18/h3-4H,1-2,5H2. The van der Waals surface area contributed by atoms with Gasteiger partial charge >= 0.3 is 12.0 Å². The third-order valence-corrected chi connectivity index (χ3v) is 2.03. The topological polar surface area (TPSA) is 78.0 Å². The second kappa shape index (κ2) is 5.94. The SMILES string of the molecule is O=C(CCC(F)=C(F)F)Cn1ccnc1[N+](=O)[O-]. The lowest BCUT2D eigenvalue weighted by molar-refractivity contribution is -0.396. The van der Waals surface area contributed by atoms with E-state index in [0.29, 0.717) is 0 Å². The van der Waals surface area contributed by atoms with Crippen LogP contribution in [0.1, 0.15) is 12.8 Å². The first-order valence-corrected chi connectivity index (χ1v) is 4.78. The summed E-state index contributed by atoms with van der Waals surface area (Å²) in [5.74, 6) is -2.79. The molecule has 0 spiro atoms. The summed E-state index contributed by atoms with van der Waals surface area (Å²) in [7, 11) is 0. The number of imidazole rings is 1.